The van der Waals surface area contributed by atoms with Gasteiger partial charge in [-0.05, 0) is 129 Å². The van der Waals surface area contributed by atoms with Crippen molar-refractivity contribution in [2.24, 2.45) is 0 Å². The Morgan fingerprint density at radius 3 is 1.30 bits per heavy atom. The fourth-order valence-corrected chi connectivity index (χ4v) is 7.99. The van der Waals surface area contributed by atoms with E-state index in [0.717, 1.165) is 0 Å². The van der Waals surface area contributed by atoms with E-state index in [0.29, 0.717) is 0 Å². The summed E-state index contributed by atoms with van der Waals surface area (Å²) in [6, 6.07) is 71.4. The van der Waals surface area contributed by atoms with Crippen LogP contribution in [0.25, 0.3) is 98.4 Å². The van der Waals surface area contributed by atoms with E-state index in [1.54, 1.807) is 0 Å². The van der Waals surface area contributed by atoms with E-state index in [-0.39, 0.29) is 0 Å². The standard InChI is InChI=1S/C50H32/c1-2-12-33(13-3-1)48-30-34-14-4-5-15-35(34)31-49(48)40-25-27-44-38(29-40)23-22-37-28-39(24-26-43(37)44)42-18-8-9-20-46(42)50-32-36-16-6-7-17-41(36)45-19-10-11-21-47(45)50/h1-32H. The minimum absolute atomic E-state index is 1.23. The van der Waals surface area contributed by atoms with Gasteiger partial charge in [0.15, 0.2) is 0 Å². The van der Waals surface area contributed by atoms with Gasteiger partial charge in [0, 0.05) is 0 Å². The molecule has 50 heavy (non-hydrogen) atoms. The van der Waals surface area contributed by atoms with Crippen molar-refractivity contribution in [1.29, 1.82) is 0 Å². The second-order valence-corrected chi connectivity index (χ2v) is 13.3. The van der Waals surface area contributed by atoms with Gasteiger partial charge in [0.1, 0.15) is 0 Å². The van der Waals surface area contributed by atoms with E-state index in [4.69, 9.17) is 0 Å². The Balaban J connectivity index is 1.10. The van der Waals surface area contributed by atoms with E-state index in [1.807, 2.05) is 0 Å². The van der Waals surface area contributed by atoms with Crippen molar-refractivity contribution in [3.05, 3.63) is 194 Å². The van der Waals surface area contributed by atoms with E-state index in [1.165, 1.54) is 98.4 Å². The van der Waals surface area contributed by atoms with Crippen LogP contribution in [0.3, 0.4) is 0 Å². The number of fused-ring (bicyclic) bond motifs is 7. The van der Waals surface area contributed by atoms with E-state index >= 15 is 0 Å². The highest BCUT2D eigenvalue weighted by Crippen LogP contribution is 2.42. The first-order valence-electron chi connectivity index (χ1n) is 17.3. The highest BCUT2D eigenvalue weighted by atomic mass is 14.2. The minimum Gasteiger partial charge on any atom is -0.0622 e. The lowest BCUT2D eigenvalue weighted by Gasteiger charge is -2.16. The summed E-state index contributed by atoms with van der Waals surface area (Å²) in [4.78, 5) is 0. The lowest BCUT2D eigenvalue weighted by molar-refractivity contribution is 1.61. The molecule has 0 aliphatic rings. The van der Waals surface area contributed by atoms with Gasteiger partial charge in [0.2, 0.25) is 0 Å². The zero-order valence-corrected chi connectivity index (χ0v) is 27.5. The highest BCUT2D eigenvalue weighted by Gasteiger charge is 2.15. The number of benzene rings is 10. The van der Waals surface area contributed by atoms with E-state index < -0.39 is 0 Å². The van der Waals surface area contributed by atoms with Gasteiger partial charge in [0.25, 0.3) is 0 Å². The Hall–Kier alpha value is -6.50. The molecule has 0 bridgehead atoms. The van der Waals surface area contributed by atoms with Crippen LogP contribution in [0, 0.1) is 0 Å². The minimum atomic E-state index is 1.23. The summed E-state index contributed by atoms with van der Waals surface area (Å²) >= 11 is 0. The summed E-state index contributed by atoms with van der Waals surface area (Å²) in [6.45, 7) is 0. The number of hydrogen-bond donors (Lipinski definition) is 0. The maximum atomic E-state index is 2.36. The summed E-state index contributed by atoms with van der Waals surface area (Å²) in [5, 5.41) is 12.7. The Kier molecular flexibility index (Phi) is 6.60. The molecule has 0 aliphatic carbocycles. The van der Waals surface area contributed by atoms with E-state index in [2.05, 4.69) is 194 Å². The molecule has 10 aromatic carbocycles. The second kappa shape index (κ2) is 11.6. The second-order valence-electron chi connectivity index (χ2n) is 13.3. The van der Waals surface area contributed by atoms with Crippen LogP contribution in [-0.4, -0.2) is 0 Å². The quantitative estimate of drug-likeness (QED) is 0.169. The third-order valence-electron chi connectivity index (χ3n) is 10.4. The van der Waals surface area contributed by atoms with Gasteiger partial charge in [-0.15, -0.1) is 0 Å². The van der Waals surface area contributed by atoms with Crippen LogP contribution in [-0.2, 0) is 0 Å². The van der Waals surface area contributed by atoms with Crippen LogP contribution >= 0.6 is 0 Å². The molecule has 0 heterocycles. The number of hydrogen-bond acceptors (Lipinski definition) is 0. The molecule has 0 N–H and O–H groups in total. The molecule has 0 spiro atoms. The SMILES string of the molecule is c1ccc(-c2cc3ccccc3cc2-c2ccc3c(ccc4cc(-c5ccccc5-c5cc6ccccc6c6ccccc56)ccc43)c2)cc1. The maximum Gasteiger partial charge on any atom is -0.00928 e. The first-order valence-corrected chi connectivity index (χ1v) is 17.3. The smallest absolute Gasteiger partial charge is 0.00928 e. The molecule has 10 aromatic rings. The van der Waals surface area contributed by atoms with Crippen LogP contribution in [0.2, 0.25) is 0 Å². The molecule has 0 unspecified atom stereocenters. The number of rotatable bonds is 4. The molecule has 0 fully saturated rings. The average molecular weight is 633 g/mol. The predicted molar refractivity (Wildman–Crippen MR) is 216 cm³/mol. The molecule has 0 aromatic heterocycles. The van der Waals surface area contributed by atoms with Crippen LogP contribution < -0.4 is 0 Å². The third-order valence-corrected chi connectivity index (χ3v) is 10.4. The molecule has 0 radical (unpaired) electrons. The first kappa shape index (κ1) is 28.5. The molecule has 0 amide bonds. The molecule has 0 atom stereocenters. The summed E-state index contributed by atoms with van der Waals surface area (Å²) in [5.74, 6) is 0. The van der Waals surface area contributed by atoms with Crippen molar-refractivity contribution in [3.63, 3.8) is 0 Å². The van der Waals surface area contributed by atoms with Gasteiger partial charge in [-0.2, -0.15) is 0 Å². The monoisotopic (exact) mass is 632 g/mol. The lowest BCUT2D eigenvalue weighted by atomic mass is 9.88. The molecular formula is C50H32. The Labute approximate surface area is 291 Å². The predicted octanol–water partition coefficient (Wildman–Crippen LogP) is 14.1. The normalized spacial score (nSPS) is 11.6. The van der Waals surface area contributed by atoms with Crippen LogP contribution in [0.15, 0.2) is 194 Å². The Morgan fingerprint density at radius 2 is 0.620 bits per heavy atom. The lowest BCUT2D eigenvalue weighted by Crippen LogP contribution is -1.89. The van der Waals surface area contributed by atoms with Crippen molar-refractivity contribution in [2.75, 3.05) is 0 Å². The van der Waals surface area contributed by atoms with Gasteiger partial charge >= 0.3 is 0 Å². The van der Waals surface area contributed by atoms with Gasteiger partial charge in [-0.25, -0.2) is 0 Å². The van der Waals surface area contributed by atoms with Crippen molar-refractivity contribution >= 4 is 53.9 Å². The zero-order chi connectivity index (χ0) is 33.0. The van der Waals surface area contributed by atoms with E-state index in [9.17, 15) is 0 Å². The molecule has 232 valence electrons. The Bertz CT molecular complexity index is 2910. The summed E-state index contributed by atoms with van der Waals surface area (Å²) < 4.78 is 0. The van der Waals surface area contributed by atoms with Gasteiger partial charge in [-0.3, -0.25) is 0 Å². The largest absolute Gasteiger partial charge is 0.0622 e. The maximum absolute atomic E-state index is 2.36. The van der Waals surface area contributed by atoms with Gasteiger partial charge in [-0.1, -0.05) is 164 Å². The summed E-state index contributed by atoms with van der Waals surface area (Å²) in [6.07, 6.45) is 0. The summed E-state index contributed by atoms with van der Waals surface area (Å²) in [5.41, 5.74) is 9.97. The van der Waals surface area contributed by atoms with Gasteiger partial charge < -0.3 is 0 Å². The summed E-state index contributed by atoms with van der Waals surface area (Å²) in [7, 11) is 0. The van der Waals surface area contributed by atoms with Crippen molar-refractivity contribution in [1.82, 2.24) is 0 Å². The third kappa shape index (κ3) is 4.69. The molecule has 0 saturated heterocycles. The first-order chi connectivity index (χ1) is 24.8. The van der Waals surface area contributed by atoms with Crippen LogP contribution in [0.1, 0.15) is 0 Å². The topological polar surface area (TPSA) is 0 Å². The highest BCUT2D eigenvalue weighted by molar-refractivity contribution is 6.15. The Morgan fingerprint density at radius 1 is 0.180 bits per heavy atom. The van der Waals surface area contributed by atoms with Gasteiger partial charge in [0.05, 0.1) is 0 Å². The molecular weight excluding hydrogens is 601 g/mol. The molecule has 0 saturated carbocycles. The fraction of sp³-hybridized carbons (Fsp3) is 0. The van der Waals surface area contributed by atoms with Crippen LogP contribution in [0.4, 0.5) is 0 Å². The van der Waals surface area contributed by atoms with Crippen LogP contribution in [0.5, 0.6) is 0 Å². The molecule has 0 nitrogen and oxygen atoms in total. The molecule has 10 rings (SSSR count). The fourth-order valence-electron chi connectivity index (χ4n) is 7.99. The molecule has 0 aliphatic heterocycles. The van der Waals surface area contributed by atoms with Crippen molar-refractivity contribution < 1.29 is 0 Å². The van der Waals surface area contributed by atoms with Crippen molar-refractivity contribution in [2.45, 2.75) is 0 Å². The average Bonchev–Trinajstić information content (AvgIpc) is 3.20. The van der Waals surface area contributed by atoms with Crippen molar-refractivity contribution in [3.8, 4) is 44.5 Å². The molecule has 0 heteroatoms. The zero-order valence-electron chi connectivity index (χ0n) is 27.5.